The molecule has 1 rings (SSSR count). The predicted octanol–water partition coefficient (Wildman–Crippen LogP) is 1.98. The van der Waals surface area contributed by atoms with E-state index in [0.29, 0.717) is 0 Å². The monoisotopic (exact) mass is 167 g/mol. The highest BCUT2D eigenvalue weighted by Gasteiger charge is 2.10. The molecule has 2 heteroatoms. The van der Waals surface area contributed by atoms with Gasteiger partial charge >= 0.3 is 0 Å². The first-order valence-corrected chi connectivity index (χ1v) is 4.23. The minimum Gasteiger partial charge on any atom is -0.319 e. The van der Waals surface area contributed by atoms with Crippen molar-refractivity contribution in [2.24, 2.45) is 5.73 Å². The van der Waals surface area contributed by atoms with Crippen LogP contribution in [0.25, 0.3) is 0 Å². The maximum absolute atomic E-state index is 5.89. The van der Waals surface area contributed by atoms with E-state index in [-0.39, 0.29) is 5.54 Å². The fourth-order valence-electron chi connectivity index (χ4n) is 0.857. The molecule has 2 N–H and O–H groups in total. The van der Waals surface area contributed by atoms with Gasteiger partial charge in [0.1, 0.15) is 0 Å². The van der Waals surface area contributed by atoms with Crippen molar-refractivity contribution in [3.8, 4) is 0 Å². The van der Waals surface area contributed by atoms with Crippen molar-refractivity contribution in [1.82, 2.24) is 0 Å². The molecule has 0 saturated carbocycles. The van der Waals surface area contributed by atoms with Gasteiger partial charge in [-0.25, -0.2) is 0 Å². The lowest BCUT2D eigenvalue weighted by atomic mass is 10.0. The SMILES string of the molecule is CC1=C(P)C=CC(C)(N)C=C1. The van der Waals surface area contributed by atoms with Gasteiger partial charge < -0.3 is 5.73 Å². The van der Waals surface area contributed by atoms with Crippen LogP contribution < -0.4 is 5.73 Å². The third-order valence-corrected chi connectivity index (χ3v) is 2.42. The van der Waals surface area contributed by atoms with E-state index in [1.165, 1.54) is 10.9 Å². The van der Waals surface area contributed by atoms with Crippen LogP contribution in [0.15, 0.2) is 35.2 Å². The maximum Gasteiger partial charge on any atom is 0.0502 e. The number of rotatable bonds is 0. The van der Waals surface area contributed by atoms with Crippen LogP contribution in [-0.4, -0.2) is 5.54 Å². The van der Waals surface area contributed by atoms with Gasteiger partial charge in [0, 0.05) is 0 Å². The van der Waals surface area contributed by atoms with E-state index in [4.69, 9.17) is 5.73 Å². The predicted molar refractivity (Wildman–Crippen MR) is 53.3 cm³/mol. The lowest BCUT2D eigenvalue weighted by molar-refractivity contribution is 0.736. The number of hydrogen-bond acceptors (Lipinski definition) is 1. The summed E-state index contributed by atoms with van der Waals surface area (Å²) in [6.07, 6.45) is 8.11. The molecule has 0 saturated heterocycles. The molecule has 0 amide bonds. The summed E-state index contributed by atoms with van der Waals surface area (Å²) in [6.45, 7) is 4.06. The average molecular weight is 167 g/mol. The van der Waals surface area contributed by atoms with Gasteiger partial charge in [0.25, 0.3) is 0 Å². The Labute approximate surface area is 70.3 Å². The molecule has 11 heavy (non-hydrogen) atoms. The van der Waals surface area contributed by atoms with Crippen LogP contribution in [0, 0.1) is 0 Å². The summed E-state index contributed by atoms with van der Waals surface area (Å²) in [5, 5.41) is 1.20. The van der Waals surface area contributed by atoms with Gasteiger partial charge in [-0.05, 0) is 24.7 Å². The van der Waals surface area contributed by atoms with Crippen LogP contribution in [0.1, 0.15) is 13.8 Å². The second-order valence-electron chi connectivity index (χ2n) is 3.17. The van der Waals surface area contributed by atoms with Crippen molar-refractivity contribution in [2.45, 2.75) is 19.4 Å². The Kier molecular flexibility index (Phi) is 2.31. The minimum atomic E-state index is -0.292. The van der Waals surface area contributed by atoms with Crippen LogP contribution >= 0.6 is 9.24 Å². The van der Waals surface area contributed by atoms with Gasteiger partial charge in [0.2, 0.25) is 0 Å². The quantitative estimate of drug-likeness (QED) is 0.548. The second kappa shape index (κ2) is 2.92. The van der Waals surface area contributed by atoms with E-state index >= 15 is 0 Å². The Morgan fingerprint density at radius 3 is 2.55 bits per heavy atom. The van der Waals surface area contributed by atoms with Crippen LogP contribution in [0.3, 0.4) is 0 Å². The van der Waals surface area contributed by atoms with Crippen LogP contribution in [0.2, 0.25) is 0 Å². The molecule has 0 aromatic carbocycles. The summed E-state index contributed by atoms with van der Waals surface area (Å²) in [4.78, 5) is 0. The van der Waals surface area contributed by atoms with Gasteiger partial charge in [-0.15, -0.1) is 9.24 Å². The van der Waals surface area contributed by atoms with E-state index in [0.717, 1.165) is 0 Å². The molecule has 0 bridgehead atoms. The summed E-state index contributed by atoms with van der Waals surface area (Å²) < 4.78 is 0. The first-order chi connectivity index (χ1) is 5.01. The Hall–Kier alpha value is -0.390. The number of allylic oxidation sites excluding steroid dienone is 4. The molecule has 0 spiro atoms. The zero-order valence-corrected chi connectivity index (χ0v) is 8.12. The molecule has 2 unspecified atom stereocenters. The molecule has 0 radical (unpaired) electrons. The van der Waals surface area contributed by atoms with Crippen molar-refractivity contribution < 1.29 is 0 Å². The van der Waals surface area contributed by atoms with E-state index < -0.39 is 0 Å². The largest absolute Gasteiger partial charge is 0.319 e. The molecule has 2 atom stereocenters. The maximum atomic E-state index is 5.89. The molecule has 0 aromatic heterocycles. The van der Waals surface area contributed by atoms with Gasteiger partial charge in [-0.2, -0.15) is 0 Å². The zero-order valence-electron chi connectivity index (χ0n) is 6.96. The Morgan fingerprint density at radius 2 is 1.91 bits per heavy atom. The van der Waals surface area contributed by atoms with Crippen molar-refractivity contribution >= 4 is 9.24 Å². The summed E-state index contributed by atoms with van der Waals surface area (Å²) in [7, 11) is 2.69. The minimum absolute atomic E-state index is 0.292. The number of hydrogen-bond donors (Lipinski definition) is 1. The highest BCUT2D eigenvalue weighted by Crippen LogP contribution is 2.20. The van der Waals surface area contributed by atoms with Crippen LogP contribution in [0.5, 0.6) is 0 Å². The summed E-state index contributed by atoms with van der Waals surface area (Å²) >= 11 is 0. The van der Waals surface area contributed by atoms with Gasteiger partial charge in [-0.3, -0.25) is 0 Å². The Morgan fingerprint density at radius 1 is 1.36 bits per heavy atom. The van der Waals surface area contributed by atoms with Crippen molar-refractivity contribution in [2.75, 3.05) is 0 Å². The lowest BCUT2D eigenvalue weighted by Gasteiger charge is -2.12. The molecule has 1 aliphatic carbocycles. The molecule has 0 fully saturated rings. The zero-order chi connectivity index (χ0) is 8.48. The standard InChI is InChI=1S/C9H14NP/c1-7-3-5-9(2,10)6-4-8(7)11/h3-6H,10-11H2,1-2H3. The number of nitrogens with two attached hydrogens (primary N) is 1. The smallest absolute Gasteiger partial charge is 0.0502 e. The molecule has 1 aliphatic rings. The van der Waals surface area contributed by atoms with E-state index in [2.05, 4.69) is 22.2 Å². The molecule has 0 aliphatic heterocycles. The van der Waals surface area contributed by atoms with Gasteiger partial charge in [0.05, 0.1) is 5.54 Å². The lowest BCUT2D eigenvalue weighted by Crippen LogP contribution is -2.30. The normalized spacial score (nSPS) is 30.9. The first-order valence-electron chi connectivity index (χ1n) is 3.65. The van der Waals surface area contributed by atoms with Crippen molar-refractivity contribution in [3.05, 3.63) is 35.2 Å². The molecular weight excluding hydrogens is 153 g/mol. The first kappa shape index (κ1) is 8.70. The van der Waals surface area contributed by atoms with Crippen molar-refractivity contribution in [3.63, 3.8) is 0 Å². The fourth-order valence-corrected chi connectivity index (χ4v) is 1.05. The molecule has 0 aromatic rings. The highest BCUT2D eigenvalue weighted by atomic mass is 31.0. The van der Waals surface area contributed by atoms with Crippen LogP contribution in [-0.2, 0) is 0 Å². The third-order valence-electron chi connectivity index (χ3n) is 1.77. The summed E-state index contributed by atoms with van der Waals surface area (Å²) in [6, 6.07) is 0. The fraction of sp³-hybridized carbons (Fsp3) is 0.333. The molecule has 1 nitrogen and oxygen atoms in total. The van der Waals surface area contributed by atoms with Crippen molar-refractivity contribution in [1.29, 1.82) is 0 Å². The van der Waals surface area contributed by atoms with E-state index in [1.54, 1.807) is 0 Å². The van der Waals surface area contributed by atoms with Gasteiger partial charge in [0.15, 0.2) is 0 Å². The Balaban J connectivity index is 3.01. The molecule has 0 heterocycles. The van der Waals surface area contributed by atoms with Gasteiger partial charge in [-0.1, -0.05) is 24.3 Å². The molecular formula is C9H14NP. The highest BCUT2D eigenvalue weighted by molar-refractivity contribution is 7.23. The van der Waals surface area contributed by atoms with Crippen LogP contribution in [0.4, 0.5) is 0 Å². The summed E-state index contributed by atoms with van der Waals surface area (Å²) in [5.74, 6) is 0. The topological polar surface area (TPSA) is 26.0 Å². The van der Waals surface area contributed by atoms with E-state index in [9.17, 15) is 0 Å². The second-order valence-corrected chi connectivity index (χ2v) is 3.79. The van der Waals surface area contributed by atoms with E-state index in [1.807, 2.05) is 25.2 Å². The third kappa shape index (κ3) is 2.28. The Bertz CT molecular complexity index is 222. The average Bonchev–Trinajstić information content (AvgIpc) is 2.03. The summed E-state index contributed by atoms with van der Waals surface area (Å²) in [5.41, 5.74) is 6.85. The molecule has 60 valence electrons.